The molecule has 3 aromatic carbocycles. The number of thioether (sulfide) groups is 1. The number of hydrogen-bond acceptors (Lipinski definition) is 8. The van der Waals surface area contributed by atoms with Gasteiger partial charge in [0.05, 0.1) is 11.6 Å². The Kier molecular flexibility index (Phi) is 8.71. The Morgan fingerprint density at radius 3 is 2.61 bits per heavy atom. The first-order valence-corrected chi connectivity index (χ1v) is 14.8. The smallest absolute Gasteiger partial charge is 0.247 e. The summed E-state index contributed by atoms with van der Waals surface area (Å²) in [6, 6.07) is 19.8. The van der Waals surface area contributed by atoms with Gasteiger partial charge in [-0.25, -0.2) is 0 Å². The molecule has 0 aliphatic carbocycles. The summed E-state index contributed by atoms with van der Waals surface area (Å²) in [7, 11) is 1.62. The Balaban J connectivity index is 1.51. The molecule has 0 saturated carbocycles. The highest BCUT2D eigenvalue weighted by Crippen LogP contribution is 2.47. The summed E-state index contributed by atoms with van der Waals surface area (Å²) >= 11 is 9.06. The van der Waals surface area contributed by atoms with Crippen LogP contribution in [0, 0.1) is 0 Å². The van der Waals surface area contributed by atoms with Crippen LogP contribution in [0.2, 0.25) is 0 Å². The van der Waals surface area contributed by atoms with E-state index < -0.39 is 6.23 Å². The van der Waals surface area contributed by atoms with Crippen LogP contribution < -0.4 is 19.5 Å². The predicted octanol–water partition coefficient (Wildman–Crippen LogP) is 8.05. The van der Waals surface area contributed by atoms with Gasteiger partial charge in [0.1, 0.15) is 6.61 Å². The van der Waals surface area contributed by atoms with Gasteiger partial charge in [0.2, 0.25) is 11.0 Å². The second-order valence-electron chi connectivity index (χ2n) is 8.54. The topological polar surface area (TPSA) is 78.4 Å². The van der Waals surface area contributed by atoms with E-state index in [1.165, 1.54) is 0 Å². The SMILES string of the molecule is CCCCSc1nnc2c(n1)O[C@H](c1cc(OC)c(OCc3ccccc3)c(Br)c1Br)Nc1ccccc1-2. The van der Waals surface area contributed by atoms with Crippen LogP contribution >= 0.6 is 43.6 Å². The lowest BCUT2D eigenvalue weighted by molar-refractivity contribution is 0.223. The van der Waals surface area contributed by atoms with Gasteiger partial charge < -0.3 is 19.5 Å². The number of anilines is 1. The fraction of sp³-hybridized carbons (Fsp3) is 0.250. The first kappa shape index (κ1) is 26.8. The number of nitrogens with zero attached hydrogens (tertiary/aromatic N) is 3. The van der Waals surface area contributed by atoms with E-state index in [0.717, 1.165) is 49.9 Å². The van der Waals surface area contributed by atoms with Crippen molar-refractivity contribution in [1.82, 2.24) is 15.2 Å². The molecule has 1 aliphatic heterocycles. The first-order valence-electron chi connectivity index (χ1n) is 12.2. The Hall–Kier alpha value is -2.82. The van der Waals surface area contributed by atoms with Gasteiger partial charge in [0.15, 0.2) is 23.4 Å². The zero-order valence-electron chi connectivity index (χ0n) is 20.9. The van der Waals surface area contributed by atoms with Crippen LogP contribution in [0.1, 0.15) is 37.1 Å². The lowest BCUT2D eigenvalue weighted by atomic mass is 10.1. The van der Waals surface area contributed by atoms with E-state index in [1.807, 2.05) is 60.7 Å². The molecule has 0 amide bonds. The molecule has 1 aliphatic rings. The average Bonchev–Trinajstić information content (AvgIpc) is 3.11. The van der Waals surface area contributed by atoms with Gasteiger partial charge in [-0.15, -0.1) is 10.2 Å². The van der Waals surface area contributed by atoms with Crippen molar-refractivity contribution in [3.63, 3.8) is 0 Å². The molecule has 0 radical (unpaired) electrons. The van der Waals surface area contributed by atoms with Crippen molar-refractivity contribution in [2.24, 2.45) is 0 Å². The fourth-order valence-electron chi connectivity index (χ4n) is 3.97. The number of aromatic nitrogens is 3. The molecular weight excluding hydrogens is 632 g/mol. The zero-order chi connectivity index (χ0) is 26.5. The Labute approximate surface area is 243 Å². The summed E-state index contributed by atoms with van der Waals surface area (Å²) in [4.78, 5) is 4.74. The largest absolute Gasteiger partial charge is 0.493 e. The molecule has 7 nitrogen and oxygen atoms in total. The van der Waals surface area contributed by atoms with Crippen molar-refractivity contribution < 1.29 is 14.2 Å². The van der Waals surface area contributed by atoms with Gasteiger partial charge in [-0.05, 0) is 56.0 Å². The highest BCUT2D eigenvalue weighted by molar-refractivity contribution is 9.13. The minimum absolute atomic E-state index is 0.404. The number of halogens is 2. The van der Waals surface area contributed by atoms with Crippen molar-refractivity contribution in [1.29, 1.82) is 0 Å². The van der Waals surface area contributed by atoms with Crippen LogP contribution in [0.3, 0.4) is 0 Å². The number of nitrogens with one attached hydrogen (secondary N) is 1. The van der Waals surface area contributed by atoms with Crippen LogP contribution in [0.15, 0.2) is 74.8 Å². The van der Waals surface area contributed by atoms with E-state index >= 15 is 0 Å². The summed E-state index contributed by atoms with van der Waals surface area (Å²) in [6.45, 7) is 2.57. The number of ether oxygens (including phenoxy) is 3. The molecule has 0 bridgehead atoms. The van der Waals surface area contributed by atoms with Gasteiger partial charge >= 0.3 is 0 Å². The van der Waals surface area contributed by atoms with Crippen LogP contribution in [0.5, 0.6) is 17.4 Å². The molecule has 1 atom stereocenters. The van der Waals surface area contributed by atoms with Crippen LogP contribution in [-0.4, -0.2) is 28.0 Å². The van der Waals surface area contributed by atoms with Crippen molar-refractivity contribution in [3.05, 3.63) is 80.7 Å². The van der Waals surface area contributed by atoms with E-state index in [1.54, 1.807) is 18.9 Å². The molecule has 38 heavy (non-hydrogen) atoms. The quantitative estimate of drug-likeness (QED) is 0.143. The summed E-state index contributed by atoms with van der Waals surface area (Å²) in [6.07, 6.45) is 1.60. The molecule has 4 aromatic rings. The van der Waals surface area contributed by atoms with Crippen molar-refractivity contribution in [2.75, 3.05) is 18.2 Å². The molecule has 1 aromatic heterocycles. The van der Waals surface area contributed by atoms with E-state index in [9.17, 15) is 0 Å². The Morgan fingerprint density at radius 1 is 1.03 bits per heavy atom. The molecule has 196 valence electrons. The fourth-order valence-corrected chi connectivity index (χ4v) is 5.87. The molecule has 0 unspecified atom stereocenters. The zero-order valence-corrected chi connectivity index (χ0v) is 24.9. The maximum atomic E-state index is 6.49. The number of rotatable bonds is 9. The standard InChI is InChI=1S/C28H26Br2N4O3S/c1-3-4-14-38-28-32-27-24(33-34-28)18-12-8-9-13-20(18)31-26(37-27)19-15-21(35-2)25(23(30)22(19)29)36-16-17-10-6-5-7-11-17/h5-13,15,26,31H,3-4,14,16H2,1-2H3/t26-/m1/s1. The van der Waals surface area contributed by atoms with Crippen LogP contribution in [-0.2, 0) is 6.61 Å². The van der Waals surface area contributed by atoms with Crippen LogP contribution in [0.25, 0.3) is 11.3 Å². The Morgan fingerprint density at radius 2 is 1.82 bits per heavy atom. The summed E-state index contributed by atoms with van der Waals surface area (Å²) in [5.41, 5.74) is 4.20. The first-order chi connectivity index (χ1) is 18.6. The second kappa shape index (κ2) is 12.4. The summed E-state index contributed by atoms with van der Waals surface area (Å²) in [5.74, 6) is 2.52. The lowest BCUT2D eigenvalue weighted by Crippen LogP contribution is -2.18. The van der Waals surface area contributed by atoms with Gasteiger partial charge in [-0.2, -0.15) is 4.98 Å². The number of hydrogen-bond donors (Lipinski definition) is 1. The highest BCUT2D eigenvalue weighted by Gasteiger charge is 2.30. The third-order valence-electron chi connectivity index (χ3n) is 5.95. The molecule has 2 heterocycles. The number of methoxy groups -OCH3 is 1. The van der Waals surface area contributed by atoms with Crippen molar-refractivity contribution in [2.45, 2.75) is 37.8 Å². The predicted molar refractivity (Wildman–Crippen MR) is 157 cm³/mol. The van der Waals surface area contributed by atoms with E-state index in [4.69, 9.17) is 19.2 Å². The molecule has 0 fully saturated rings. The monoisotopic (exact) mass is 656 g/mol. The van der Waals surface area contributed by atoms with Crippen molar-refractivity contribution >= 4 is 49.3 Å². The summed E-state index contributed by atoms with van der Waals surface area (Å²) < 4.78 is 19.9. The van der Waals surface area contributed by atoms with E-state index in [-0.39, 0.29) is 0 Å². The highest BCUT2D eigenvalue weighted by atomic mass is 79.9. The third-order valence-corrected chi connectivity index (χ3v) is 9.01. The molecule has 10 heteroatoms. The Bertz CT molecular complexity index is 1430. The number of benzene rings is 3. The minimum Gasteiger partial charge on any atom is -0.493 e. The summed E-state index contributed by atoms with van der Waals surface area (Å²) in [5, 5.41) is 13.0. The molecule has 0 saturated heterocycles. The molecule has 0 spiro atoms. The second-order valence-corrected chi connectivity index (χ2v) is 11.2. The maximum Gasteiger partial charge on any atom is 0.247 e. The van der Waals surface area contributed by atoms with Gasteiger partial charge in [0, 0.05) is 27.0 Å². The lowest BCUT2D eigenvalue weighted by Gasteiger charge is -2.23. The van der Waals surface area contributed by atoms with Gasteiger partial charge in [0.25, 0.3) is 0 Å². The number of fused-ring (bicyclic) bond motifs is 3. The maximum absolute atomic E-state index is 6.49. The van der Waals surface area contributed by atoms with Gasteiger partial charge in [-0.3, -0.25) is 0 Å². The van der Waals surface area contributed by atoms with Crippen molar-refractivity contribution in [3.8, 4) is 28.6 Å². The minimum atomic E-state index is -0.592. The number of para-hydroxylation sites is 1. The number of unbranched alkanes of at least 4 members (excludes halogenated alkanes) is 1. The van der Waals surface area contributed by atoms with Crippen LogP contribution in [0.4, 0.5) is 5.69 Å². The molecule has 5 rings (SSSR count). The average molecular weight is 658 g/mol. The van der Waals surface area contributed by atoms with E-state index in [2.05, 4.69) is 54.3 Å². The van der Waals surface area contributed by atoms with E-state index in [0.29, 0.717) is 34.8 Å². The molecule has 1 N–H and O–H groups in total. The third kappa shape index (κ3) is 5.77. The normalized spacial score (nSPS) is 13.9. The van der Waals surface area contributed by atoms with Gasteiger partial charge in [-0.1, -0.05) is 73.6 Å². The molecular formula is C28H26Br2N4O3S.